The topological polar surface area (TPSA) is 231 Å². The Kier molecular flexibility index (Phi) is 50.1. The van der Waals surface area contributed by atoms with Gasteiger partial charge in [-0.2, -0.15) is 0 Å². The van der Waals surface area contributed by atoms with Crippen molar-refractivity contribution in [2.75, 3.05) is 39.6 Å². The molecule has 5 atom stereocenters. The zero-order chi connectivity index (χ0) is 55.4. The van der Waals surface area contributed by atoms with Crippen LogP contribution in [0.3, 0.4) is 0 Å². The van der Waals surface area contributed by atoms with Gasteiger partial charge in [0.2, 0.25) is 0 Å². The number of unbranched alkanes of at least 4 members (excludes halogenated alkanes) is 21. The smallest absolute Gasteiger partial charge is 0.463 e. The minimum atomic E-state index is -4.91. The molecule has 0 saturated carbocycles. The summed E-state index contributed by atoms with van der Waals surface area (Å²) >= 11 is 0. The Balaban J connectivity index is 4.68. The van der Waals surface area contributed by atoms with Gasteiger partial charge in [0, 0.05) is 19.3 Å². The number of phosphoric acid groups is 2. The van der Waals surface area contributed by atoms with E-state index in [0.29, 0.717) is 19.3 Å². The molecule has 0 heterocycles. The van der Waals surface area contributed by atoms with Crippen molar-refractivity contribution in [3.8, 4) is 0 Å². The molecule has 18 heteroatoms. The second-order valence-electron chi connectivity index (χ2n) is 19.1. The van der Waals surface area contributed by atoms with E-state index in [1.165, 1.54) is 32.1 Å². The molecule has 0 aromatic carbocycles. The highest BCUT2D eigenvalue weighted by Gasteiger charge is 2.29. The fourth-order valence-corrected chi connectivity index (χ4v) is 8.79. The number of esters is 3. The number of rotatable bonds is 54. The normalized spacial score (nSPS) is 15.0. The quantitative estimate of drug-likeness (QED) is 0.0146. The van der Waals surface area contributed by atoms with Crippen LogP contribution in [-0.2, 0) is 55.8 Å². The van der Waals surface area contributed by atoms with Crippen LogP contribution in [0.25, 0.3) is 0 Å². The Morgan fingerprint density at radius 2 is 0.707 bits per heavy atom. The van der Waals surface area contributed by atoms with Gasteiger partial charge in [-0.3, -0.25) is 32.5 Å². The molecular formula is C57H102O16P2. The Hall–Kier alpha value is -2.75. The summed E-state index contributed by atoms with van der Waals surface area (Å²) < 4.78 is 60.4. The summed E-state index contributed by atoms with van der Waals surface area (Å²) in [6.07, 6.45) is 47.3. The molecule has 0 amide bonds. The fraction of sp³-hybridized carbons (Fsp3) is 0.772. The first-order valence-electron chi connectivity index (χ1n) is 28.6. The summed E-state index contributed by atoms with van der Waals surface area (Å²) in [7, 11) is -9.75. The molecule has 0 aliphatic rings. The van der Waals surface area contributed by atoms with Gasteiger partial charge in [0.15, 0.2) is 6.10 Å². The molecule has 436 valence electrons. The van der Waals surface area contributed by atoms with Crippen LogP contribution < -0.4 is 0 Å². The van der Waals surface area contributed by atoms with E-state index >= 15 is 0 Å². The maximum absolute atomic E-state index is 12.8. The third kappa shape index (κ3) is 53.1. The monoisotopic (exact) mass is 1100 g/mol. The number of aliphatic hydroxyl groups is 2. The molecule has 0 saturated heterocycles. The van der Waals surface area contributed by atoms with Gasteiger partial charge >= 0.3 is 33.6 Å². The average molecular weight is 1110 g/mol. The maximum Gasteiger partial charge on any atom is 0.472 e. The molecule has 0 fully saturated rings. The summed E-state index contributed by atoms with van der Waals surface area (Å²) in [6.45, 7) is 2.46. The molecule has 0 rings (SSSR count). The number of phosphoric ester groups is 2. The van der Waals surface area contributed by atoms with Gasteiger partial charge in [0.1, 0.15) is 25.4 Å². The van der Waals surface area contributed by atoms with Crippen molar-refractivity contribution in [1.82, 2.24) is 0 Å². The van der Waals surface area contributed by atoms with Crippen LogP contribution in [0.5, 0.6) is 0 Å². The number of ether oxygens (including phenoxy) is 3. The lowest BCUT2D eigenvalue weighted by atomic mass is 10.1. The van der Waals surface area contributed by atoms with Gasteiger partial charge in [-0.15, -0.1) is 0 Å². The van der Waals surface area contributed by atoms with Crippen molar-refractivity contribution in [1.29, 1.82) is 0 Å². The van der Waals surface area contributed by atoms with Crippen LogP contribution in [0, 0.1) is 0 Å². The van der Waals surface area contributed by atoms with Gasteiger partial charge in [-0.05, 0) is 96.3 Å². The largest absolute Gasteiger partial charge is 0.472 e. The fourth-order valence-electron chi connectivity index (χ4n) is 7.20. The van der Waals surface area contributed by atoms with Gasteiger partial charge in [0.25, 0.3) is 0 Å². The first-order chi connectivity index (χ1) is 36.2. The lowest BCUT2D eigenvalue weighted by Gasteiger charge is -2.21. The van der Waals surface area contributed by atoms with Crippen LogP contribution in [-0.4, -0.2) is 95.9 Å². The number of hydrogen-bond acceptors (Lipinski definition) is 14. The zero-order valence-corrected chi connectivity index (χ0v) is 48.2. The van der Waals surface area contributed by atoms with E-state index in [1.54, 1.807) is 0 Å². The zero-order valence-electron chi connectivity index (χ0n) is 46.5. The number of aliphatic hydroxyl groups excluding tert-OH is 2. The lowest BCUT2D eigenvalue weighted by molar-refractivity contribution is -0.161. The third-order valence-corrected chi connectivity index (χ3v) is 13.6. The van der Waals surface area contributed by atoms with Crippen molar-refractivity contribution < 1.29 is 75.8 Å². The highest BCUT2D eigenvalue weighted by Crippen LogP contribution is 2.45. The third-order valence-electron chi connectivity index (χ3n) is 11.7. The van der Waals surface area contributed by atoms with Gasteiger partial charge in [-0.1, -0.05) is 171 Å². The molecule has 4 N–H and O–H groups in total. The molecule has 16 nitrogen and oxygen atoms in total. The van der Waals surface area contributed by atoms with Crippen LogP contribution >= 0.6 is 15.6 Å². The van der Waals surface area contributed by atoms with E-state index in [0.717, 1.165) is 135 Å². The maximum atomic E-state index is 12.8. The van der Waals surface area contributed by atoms with Crippen LogP contribution in [0.4, 0.5) is 0 Å². The van der Waals surface area contributed by atoms with Gasteiger partial charge in [0.05, 0.1) is 26.4 Å². The second-order valence-corrected chi connectivity index (χ2v) is 22.0. The number of carbonyl (C=O) groups excluding carboxylic acids is 3. The summed E-state index contributed by atoms with van der Waals surface area (Å²) in [5.74, 6) is -1.62. The molecule has 0 aliphatic heterocycles. The molecule has 5 unspecified atom stereocenters. The van der Waals surface area contributed by atoms with Crippen molar-refractivity contribution in [3.05, 3.63) is 60.8 Å². The molecule has 0 aromatic heterocycles. The molecular weight excluding hydrogens is 1000 g/mol. The Morgan fingerprint density at radius 1 is 0.373 bits per heavy atom. The van der Waals surface area contributed by atoms with E-state index in [4.69, 9.17) is 32.3 Å². The minimum Gasteiger partial charge on any atom is -0.463 e. The van der Waals surface area contributed by atoms with Crippen molar-refractivity contribution in [2.45, 2.75) is 245 Å². The Labute approximate surface area is 452 Å². The van der Waals surface area contributed by atoms with E-state index in [9.17, 15) is 43.5 Å². The van der Waals surface area contributed by atoms with Gasteiger partial charge in [-0.25, -0.2) is 9.13 Å². The van der Waals surface area contributed by atoms with Crippen LogP contribution in [0.1, 0.15) is 226 Å². The summed E-state index contributed by atoms with van der Waals surface area (Å²) in [6, 6.07) is 0. The van der Waals surface area contributed by atoms with Crippen molar-refractivity contribution in [3.63, 3.8) is 0 Å². The van der Waals surface area contributed by atoms with E-state index in [2.05, 4.69) is 81.5 Å². The predicted octanol–water partition coefficient (Wildman–Crippen LogP) is 14.3. The Bertz CT molecular complexity index is 1630. The molecule has 0 aromatic rings. The highest BCUT2D eigenvalue weighted by molar-refractivity contribution is 7.47. The van der Waals surface area contributed by atoms with Crippen LogP contribution in [0.2, 0.25) is 0 Å². The standard InChI is InChI=1S/C57H102O16P2/c1-4-7-10-13-16-19-22-24-25-27-30-31-34-37-40-43-55(60)67-46-52(58)47-69-74(63,64)70-48-53(59)49-71-75(65,66)72-51-54(73-57(62)45-42-39-36-33-28-21-18-15-12-9-6-3)50-68-56(61)44-41-38-35-32-29-26-23-20-17-14-11-8-5-2/h11,14-16,18-20,23-25,52-54,58-59H,4-10,12-13,17,21-22,26-51H2,1-3H3,(H,63,64)(H,65,66)/b14-11-,18-15-,19-16-,23-20-,25-24-. The molecule has 0 bridgehead atoms. The number of hydrogen-bond donors (Lipinski definition) is 4. The van der Waals surface area contributed by atoms with Crippen molar-refractivity contribution in [2.24, 2.45) is 0 Å². The number of carbonyl (C=O) groups is 3. The molecule has 0 spiro atoms. The van der Waals surface area contributed by atoms with Crippen molar-refractivity contribution >= 4 is 33.6 Å². The number of allylic oxidation sites excluding steroid dienone is 10. The highest BCUT2D eigenvalue weighted by atomic mass is 31.2. The summed E-state index contributed by atoms with van der Waals surface area (Å²) in [5, 5.41) is 20.4. The first kappa shape index (κ1) is 72.2. The molecule has 0 aliphatic carbocycles. The molecule has 0 radical (unpaired) electrons. The predicted molar refractivity (Wildman–Crippen MR) is 298 cm³/mol. The Morgan fingerprint density at radius 3 is 1.15 bits per heavy atom. The summed E-state index contributed by atoms with van der Waals surface area (Å²) in [4.78, 5) is 57.9. The first-order valence-corrected chi connectivity index (χ1v) is 31.6. The lowest BCUT2D eigenvalue weighted by Crippen LogP contribution is -2.30. The van der Waals surface area contributed by atoms with E-state index < -0.39 is 91.5 Å². The molecule has 75 heavy (non-hydrogen) atoms. The SMILES string of the molecule is CCC/C=C\C/C=C\CCCCCCCC(=O)OCC(COP(=O)(O)OCC(O)COP(=O)(O)OCC(O)COC(=O)CCCCCCC/C=C\C/C=C\CCCCC)OC(=O)CCCCCCC/C=C\CCCC. The van der Waals surface area contributed by atoms with Crippen LogP contribution in [0.15, 0.2) is 60.8 Å². The average Bonchev–Trinajstić information content (AvgIpc) is 3.38. The van der Waals surface area contributed by atoms with Gasteiger partial charge < -0.3 is 34.2 Å². The van der Waals surface area contributed by atoms with E-state index in [-0.39, 0.29) is 19.3 Å². The summed E-state index contributed by atoms with van der Waals surface area (Å²) in [5.41, 5.74) is 0. The van der Waals surface area contributed by atoms with E-state index in [1.807, 2.05) is 0 Å². The second kappa shape index (κ2) is 52.0. The minimum absolute atomic E-state index is 0.0919.